The van der Waals surface area contributed by atoms with Crippen molar-refractivity contribution in [1.82, 2.24) is 0 Å². The van der Waals surface area contributed by atoms with Crippen LogP contribution in [0.25, 0.3) is 32.3 Å². The standard InChI is InChI=1S/C59H67IO2/c1-3-5-7-9-11-13-14-16-18-20-28-46(27-19-17-15-12-10-8-6-4-2)45-62-59(61)57-43-41-49(53-31-23-25-33-55(53)57)39-37-47-35-36-48(52-30-22-21-29-51(47)52)38-40-50-42-44-58(60)56-34-26-24-32-54(50)56/h21-26,29-36,41-44,46H,3-20,27-28,45H2,1-2H3. The molecule has 6 aromatic carbocycles. The summed E-state index contributed by atoms with van der Waals surface area (Å²) in [5.41, 5.74) is 4.46. The Bertz CT molecular complexity index is 2470. The number of carbonyl (C=O) groups excluding carboxylic acids is 1. The molecule has 2 nitrogen and oxygen atoms in total. The van der Waals surface area contributed by atoms with Crippen molar-refractivity contribution in [2.75, 3.05) is 6.61 Å². The second-order valence-electron chi connectivity index (χ2n) is 17.3. The molecule has 6 rings (SSSR count). The molecule has 0 aliphatic carbocycles. The summed E-state index contributed by atoms with van der Waals surface area (Å²) in [5, 5.41) is 6.40. The van der Waals surface area contributed by atoms with Crippen LogP contribution in [0.4, 0.5) is 0 Å². The van der Waals surface area contributed by atoms with E-state index in [4.69, 9.17) is 4.74 Å². The lowest BCUT2D eigenvalue weighted by Crippen LogP contribution is -2.15. The number of benzene rings is 6. The highest BCUT2D eigenvalue weighted by Crippen LogP contribution is 2.28. The molecule has 0 radical (unpaired) electrons. The van der Waals surface area contributed by atoms with Crippen molar-refractivity contribution < 1.29 is 9.53 Å². The molecule has 0 aliphatic rings. The van der Waals surface area contributed by atoms with Gasteiger partial charge in [0.25, 0.3) is 0 Å². The van der Waals surface area contributed by atoms with Gasteiger partial charge in [-0.3, -0.25) is 0 Å². The molecule has 0 bridgehead atoms. The number of hydrogen-bond donors (Lipinski definition) is 0. The second kappa shape index (κ2) is 26.1. The molecule has 0 aromatic heterocycles. The fourth-order valence-electron chi connectivity index (χ4n) is 8.81. The van der Waals surface area contributed by atoms with Crippen molar-refractivity contribution >= 4 is 60.9 Å². The van der Waals surface area contributed by atoms with Crippen LogP contribution in [0.1, 0.15) is 175 Å². The van der Waals surface area contributed by atoms with Gasteiger partial charge in [-0.25, -0.2) is 4.79 Å². The summed E-state index contributed by atoms with van der Waals surface area (Å²) in [6.07, 6.45) is 26.2. The van der Waals surface area contributed by atoms with Gasteiger partial charge in [-0.05, 0) is 110 Å². The van der Waals surface area contributed by atoms with E-state index in [1.165, 1.54) is 130 Å². The van der Waals surface area contributed by atoms with Crippen LogP contribution < -0.4 is 0 Å². The first-order chi connectivity index (χ1) is 30.6. The first-order valence-electron chi connectivity index (χ1n) is 24.0. The normalized spacial score (nSPS) is 11.6. The molecule has 62 heavy (non-hydrogen) atoms. The fraction of sp³-hybridized carbons (Fsp3) is 0.407. The zero-order valence-electron chi connectivity index (χ0n) is 37.5. The molecule has 0 aliphatic heterocycles. The Labute approximate surface area is 387 Å². The summed E-state index contributed by atoms with van der Waals surface area (Å²) in [5.74, 6) is 14.1. The van der Waals surface area contributed by atoms with E-state index >= 15 is 0 Å². The summed E-state index contributed by atoms with van der Waals surface area (Å²) in [4.78, 5) is 13.8. The van der Waals surface area contributed by atoms with Gasteiger partial charge in [0, 0.05) is 25.8 Å². The Morgan fingerprint density at radius 2 is 0.774 bits per heavy atom. The molecule has 0 saturated heterocycles. The summed E-state index contributed by atoms with van der Waals surface area (Å²) in [6.45, 7) is 5.06. The highest BCUT2D eigenvalue weighted by molar-refractivity contribution is 14.1. The third-order valence-corrected chi connectivity index (χ3v) is 13.4. The van der Waals surface area contributed by atoms with E-state index < -0.39 is 0 Å². The molecule has 0 heterocycles. The first-order valence-corrected chi connectivity index (χ1v) is 25.1. The van der Waals surface area contributed by atoms with E-state index in [9.17, 15) is 4.79 Å². The number of hydrogen-bond acceptors (Lipinski definition) is 2. The van der Waals surface area contributed by atoms with Gasteiger partial charge < -0.3 is 4.74 Å². The SMILES string of the molecule is CCCCCCCCCCCCC(CCCCCCCCCC)COC(=O)c1ccc(C#Cc2ccc(C#Cc3ccc(I)c4ccccc34)c3ccccc23)c2ccccc12. The Morgan fingerprint density at radius 1 is 0.435 bits per heavy atom. The minimum Gasteiger partial charge on any atom is -0.462 e. The number of halogens is 1. The van der Waals surface area contributed by atoms with Gasteiger partial charge in [-0.15, -0.1) is 0 Å². The Morgan fingerprint density at radius 3 is 1.23 bits per heavy atom. The average Bonchev–Trinajstić information content (AvgIpc) is 3.31. The van der Waals surface area contributed by atoms with Crippen LogP contribution in [0.3, 0.4) is 0 Å². The van der Waals surface area contributed by atoms with Crippen LogP contribution in [0.2, 0.25) is 0 Å². The van der Waals surface area contributed by atoms with Gasteiger partial charge in [0.2, 0.25) is 0 Å². The first kappa shape index (κ1) is 46.9. The number of unbranched alkanes of at least 4 members (excludes halogenated alkanes) is 16. The smallest absolute Gasteiger partial charge is 0.338 e. The van der Waals surface area contributed by atoms with Gasteiger partial charge >= 0.3 is 5.97 Å². The van der Waals surface area contributed by atoms with Crippen molar-refractivity contribution in [1.29, 1.82) is 0 Å². The maximum absolute atomic E-state index is 13.8. The van der Waals surface area contributed by atoms with Gasteiger partial charge in [0.15, 0.2) is 0 Å². The number of rotatable bonds is 23. The van der Waals surface area contributed by atoms with Gasteiger partial charge in [-0.1, -0.05) is 226 Å². The molecular formula is C59H67IO2. The van der Waals surface area contributed by atoms with Crippen molar-refractivity contribution in [2.45, 2.75) is 142 Å². The predicted octanol–water partition coefficient (Wildman–Crippen LogP) is 17.2. The third kappa shape index (κ3) is 14.0. The number of fused-ring (bicyclic) bond motifs is 3. The van der Waals surface area contributed by atoms with Crippen LogP contribution in [0.5, 0.6) is 0 Å². The maximum Gasteiger partial charge on any atom is 0.338 e. The third-order valence-electron chi connectivity index (χ3n) is 12.5. The highest BCUT2D eigenvalue weighted by atomic mass is 127. The second-order valence-corrected chi connectivity index (χ2v) is 18.4. The minimum absolute atomic E-state index is 0.231. The zero-order chi connectivity index (χ0) is 43.2. The number of esters is 1. The Balaban J connectivity index is 1.12. The quantitative estimate of drug-likeness (QED) is 0.0277. The summed E-state index contributed by atoms with van der Waals surface area (Å²) in [6, 6.07) is 37.3. The van der Waals surface area contributed by atoms with Crippen LogP contribution in [0.15, 0.2) is 109 Å². The Kier molecular flexibility index (Phi) is 19.8. The molecule has 0 saturated carbocycles. The van der Waals surface area contributed by atoms with Crippen molar-refractivity contribution in [3.8, 4) is 23.7 Å². The van der Waals surface area contributed by atoms with E-state index in [2.05, 4.69) is 139 Å². The molecule has 0 N–H and O–H groups in total. The predicted molar refractivity (Wildman–Crippen MR) is 274 cm³/mol. The Hall–Kier alpha value is -4.58. The van der Waals surface area contributed by atoms with Gasteiger partial charge in [-0.2, -0.15) is 0 Å². The van der Waals surface area contributed by atoms with E-state index in [1.54, 1.807) is 0 Å². The maximum atomic E-state index is 13.8. The van der Waals surface area contributed by atoms with Crippen molar-refractivity contribution in [3.05, 3.63) is 141 Å². The molecule has 0 amide bonds. The van der Waals surface area contributed by atoms with E-state index in [0.29, 0.717) is 18.1 Å². The molecule has 6 aromatic rings. The molecule has 0 fully saturated rings. The number of carbonyl (C=O) groups is 1. The summed E-state index contributed by atoms with van der Waals surface area (Å²) in [7, 11) is 0. The minimum atomic E-state index is -0.231. The lowest BCUT2D eigenvalue weighted by Gasteiger charge is -2.18. The van der Waals surface area contributed by atoms with Crippen LogP contribution in [0, 0.1) is 33.2 Å². The molecule has 1 unspecified atom stereocenters. The largest absolute Gasteiger partial charge is 0.462 e. The molecule has 0 spiro atoms. The lowest BCUT2D eigenvalue weighted by atomic mass is 9.94. The molecule has 1 atom stereocenters. The van der Waals surface area contributed by atoms with Crippen LogP contribution in [-0.4, -0.2) is 12.6 Å². The average molecular weight is 935 g/mol. The van der Waals surface area contributed by atoms with Crippen molar-refractivity contribution in [3.63, 3.8) is 0 Å². The summed E-state index contributed by atoms with van der Waals surface area (Å²) < 4.78 is 7.40. The van der Waals surface area contributed by atoms with Gasteiger partial charge in [0.1, 0.15) is 0 Å². The van der Waals surface area contributed by atoms with Crippen molar-refractivity contribution in [2.24, 2.45) is 5.92 Å². The molecule has 322 valence electrons. The molecule has 3 heteroatoms. The topological polar surface area (TPSA) is 26.3 Å². The van der Waals surface area contributed by atoms with Crippen LogP contribution in [-0.2, 0) is 4.74 Å². The van der Waals surface area contributed by atoms with Gasteiger partial charge in [0.05, 0.1) is 12.2 Å². The zero-order valence-corrected chi connectivity index (χ0v) is 39.7. The highest BCUT2D eigenvalue weighted by Gasteiger charge is 2.17. The molecular weight excluding hydrogens is 868 g/mol. The van der Waals surface area contributed by atoms with E-state index in [0.717, 1.165) is 56.6 Å². The lowest BCUT2D eigenvalue weighted by molar-refractivity contribution is 0.0424. The van der Waals surface area contributed by atoms with E-state index in [-0.39, 0.29) is 5.97 Å². The van der Waals surface area contributed by atoms with E-state index in [1.807, 2.05) is 30.3 Å². The number of ether oxygens (including phenoxy) is 1. The monoisotopic (exact) mass is 934 g/mol. The van der Waals surface area contributed by atoms with Crippen LogP contribution >= 0.6 is 22.6 Å². The fourth-order valence-corrected chi connectivity index (χ4v) is 9.46. The summed E-state index contributed by atoms with van der Waals surface area (Å²) >= 11 is 2.39.